The van der Waals surface area contributed by atoms with Crippen molar-refractivity contribution in [1.82, 2.24) is 8.75 Å². The minimum absolute atomic E-state index is 0. The summed E-state index contributed by atoms with van der Waals surface area (Å²) in [5.74, 6) is -0.398. The predicted octanol–water partition coefficient (Wildman–Crippen LogP) is 2.47. The van der Waals surface area contributed by atoms with E-state index in [-0.39, 0.29) is 24.0 Å². The Hall–Kier alpha value is -2.31. The molecule has 0 bridgehead atoms. The van der Waals surface area contributed by atoms with Crippen molar-refractivity contribution in [3.63, 3.8) is 0 Å². The van der Waals surface area contributed by atoms with Crippen molar-refractivity contribution in [1.29, 1.82) is 0 Å². The molecule has 1 aromatic heterocycles. The second-order valence-electron chi connectivity index (χ2n) is 4.55. The van der Waals surface area contributed by atoms with Crippen LogP contribution in [0, 0.1) is 0 Å². The standard InChI is InChI=1S/C14H7N3O2S.ClH/c15-9-5-8-10(12-11(9)16-20-17-12)14(19)7-4-2-1-3-6(7)13(8)18;/h1-5H,15H2;1H. The van der Waals surface area contributed by atoms with Gasteiger partial charge in [0.05, 0.1) is 23.0 Å². The van der Waals surface area contributed by atoms with Crippen LogP contribution < -0.4 is 5.73 Å². The minimum Gasteiger partial charge on any atom is -0.397 e. The van der Waals surface area contributed by atoms with E-state index in [0.717, 1.165) is 11.7 Å². The molecule has 2 N–H and O–H groups in total. The number of benzene rings is 2. The number of hydrogen-bond donors (Lipinski definition) is 1. The lowest BCUT2D eigenvalue weighted by atomic mass is 9.83. The monoisotopic (exact) mass is 317 g/mol. The molecular formula is C14H8ClN3O2S. The van der Waals surface area contributed by atoms with E-state index in [1.807, 2.05) is 0 Å². The van der Waals surface area contributed by atoms with E-state index >= 15 is 0 Å². The van der Waals surface area contributed by atoms with Gasteiger partial charge in [-0.2, -0.15) is 8.75 Å². The average molecular weight is 318 g/mol. The van der Waals surface area contributed by atoms with Gasteiger partial charge in [0, 0.05) is 16.7 Å². The highest BCUT2D eigenvalue weighted by atomic mass is 35.5. The second-order valence-corrected chi connectivity index (χ2v) is 5.08. The highest BCUT2D eigenvalue weighted by Gasteiger charge is 2.32. The number of anilines is 1. The third kappa shape index (κ3) is 1.69. The lowest BCUT2D eigenvalue weighted by Gasteiger charge is -2.17. The summed E-state index contributed by atoms with van der Waals surface area (Å²) in [7, 11) is 0. The van der Waals surface area contributed by atoms with Crippen molar-refractivity contribution >= 4 is 52.4 Å². The van der Waals surface area contributed by atoms with Crippen LogP contribution in [0.25, 0.3) is 11.0 Å². The molecule has 0 saturated carbocycles. The van der Waals surface area contributed by atoms with Gasteiger partial charge in [-0.05, 0) is 6.07 Å². The maximum atomic E-state index is 12.6. The molecule has 2 aromatic carbocycles. The first-order valence-electron chi connectivity index (χ1n) is 5.91. The largest absolute Gasteiger partial charge is 0.397 e. The van der Waals surface area contributed by atoms with Crippen molar-refractivity contribution in [2.45, 2.75) is 0 Å². The molecule has 1 aliphatic rings. The molecule has 0 spiro atoms. The molecule has 0 amide bonds. The van der Waals surface area contributed by atoms with Crippen molar-refractivity contribution in [2.75, 3.05) is 5.73 Å². The molecule has 21 heavy (non-hydrogen) atoms. The fourth-order valence-electron chi connectivity index (χ4n) is 2.53. The van der Waals surface area contributed by atoms with Gasteiger partial charge in [-0.15, -0.1) is 12.4 Å². The second kappa shape index (κ2) is 4.61. The third-order valence-corrected chi connectivity index (χ3v) is 3.98. The Labute approximate surface area is 129 Å². The maximum Gasteiger partial charge on any atom is 0.196 e. The van der Waals surface area contributed by atoms with Crippen LogP contribution in [0.1, 0.15) is 31.8 Å². The van der Waals surface area contributed by atoms with Crippen LogP contribution in [0.2, 0.25) is 0 Å². The van der Waals surface area contributed by atoms with E-state index in [1.54, 1.807) is 24.3 Å². The number of aromatic nitrogens is 2. The van der Waals surface area contributed by atoms with Crippen LogP contribution in [-0.2, 0) is 0 Å². The molecule has 7 heteroatoms. The van der Waals surface area contributed by atoms with Crippen LogP contribution in [0.3, 0.4) is 0 Å². The molecule has 1 aliphatic carbocycles. The zero-order valence-corrected chi connectivity index (χ0v) is 12.1. The van der Waals surface area contributed by atoms with E-state index in [4.69, 9.17) is 5.73 Å². The summed E-state index contributed by atoms with van der Waals surface area (Å²) in [4.78, 5) is 25.1. The van der Waals surface area contributed by atoms with E-state index in [0.29, 0.717) is 39.0 Å². The molecule has 5 nitrogen and oxygen atoms in total. The summed E-state index contributed by atoms with van der Waals surface area (Å²) in [6.07, 6.45) is 0. The number of nitrogens with two attached hydrogens (primary N) is 1. The van der Waals surface area contributed by atoms with Crippen LogP contribution in [-0.4, -0.2) is 20.3 Å². The van der Waals surface area contributed by atoms with Crippen molar-refractivity contribution in [2.24, 2.45) is 0 Å². The Kier molecular flexibility index (Phi) is 3.00. The van der Waals surface area contributed by atoms with Gasteiger partial charge in [0.15, 0.2) is 11.6 Å². The lowest BCUT2D eigenvalue weighted by molar-refractivity contribution is 0.0980. The number of rotatable bonds is 0. The number of fused-ring (bicyclic) bond motifs is 4. The molecule has 0 radical (unpaired) electrons. The first-order chi connectivity index (χ1) is 9.68. The average Bonchev–Trinajstić information content (AvgIpc) is 2.94. The predicted molar refractivity (Wildman–Crippen MR) is 82.4 cm³/mol. The van der Waals surface area contributed by atoms with Crippen LogP contribution in [0.5, 0.6) is 0 Å². The van der Waals surface area contributed by atoms with Crippen molar-refractivity contribution in [3.05, 3.63) is 52.6 Å². The summed E-state index contributed by atoms with van der Waals surface area (Å²) in [6, 6.07) is 8.30. The van der Waals surface area contributed by atoms with E-state index in [2.05, 4.69) is 8.75 Å². The topological polar surface area (TPSA) is 85.9 Å². The molecule has 0 saturated heterocycles. The molecule has 0 unspecified atom stereocenters. The number of nitrogens with zero attached hydrogens (tertiary/aromatic N) is 2. The van der Waals surface area contributed by atoms with E-state index in [9.17, 15) is 9.59 Å². The number of carbonyl (C=O) groups is 2. The zero-order valence-electron chi connectivity index (χ0n) is 10.5. The number of hydrogen-bond acceptors (Lipinski definition) is 6. The van der Waals surface area contributed by atoms with Crippen molar-refractivity contribution < 1.29 is 9.59 Å². The molecule has 0 aliphatic heterocycles. The van der Waals surface area contributed by atoms with Gasteiger partial charge in [0.1, 0.15) is 11.0 Å². The summed E-state index contributed by atoms with van der Waals surface area (Å²) >= 11 is 0.981. The Morgan fingerprint density at radius 1 is 0.905 bits per heavy atom. The van der Waals surface area contributed by atoms with Crippen molar-refractivity contribution in [3.8, 4) is 0 Å². The summed E-state index contributed by atoms with van der Waals surface area (Å²) in [5, 5.41) is 0. The smallest absolute Gasteiger partial charge is 0.196 e. The van der Waals surface area contributed by atoms with Crippen LogP contribution in [0.15, 0.2) is 30.3 Å². The number of ketones is 2. The first-order valence-corrected chi connectivity index (χ1v) is 6.64. The van der Waals surface area contributed by atoms with Crippen LogP contribution >= 0.6 is 24.1 Å². The molecule has 0 atom stereocenters. The quantitative estimate of drug-likeness (QED) is 0.503. The minimum atomic E-state index is -0.201. The lowest BCUT2D eigenvalue weighted by Crippen LogP contribution is -2.21. The van der Waals surface area contributed by atoms with Gasteiger partial charge in [-0.25, -0.2) is 0 Å². The summed E-state index contributed by atoms with van der Waals surface area (Å²) in [5.41, 5.74) is 8.60. The first kappa shape index (κ1) is 13.7. The Morgan fingerprint density at radius 2 is 1.52 bits per heavy atom. The van der Waals surface area contributed by atoms with Gasteiger partial charge < -0.3 is 5.73 Å². The number of nitrogen functional groups attached to an aromatic ring is 1. The van der Waals surface area contributed by atoms with Gasteiger partial charge in [0.2, 0.25) is 0 Å². The highest BCUT2D eigenvalue weighted by Crippen LogP contribution is 2.34. The fraction of sp³-hybridized carbons (Fsp3) is 0. The SMILES string of the molecule is Cl.Nc1cc2c(c3nsnc13)C(=O)c1ccccc1C2=O. The molecule has 3 aromatic rings. The fourth-order valence-corrected chi connectivity index (χ4v) is 3.11. The summed E-state index contributed by atoms with van der Waals surface area (Å²) < 4.78 is 8.21. The highest BCUT2D eigenvalue weighted by molar-refractivity contribution is 7.00. The molecule has 104 valence electrons. The molecule has 1 heterocycles. The zero-order chi connectivity index (χ0) is 13.9. The third-order valence-electron chi connectivity index (χ3n) is 3.46. The van der Waals surface area contributed by atoms with E-state index < -0.39 is 0 Å². The van der Waals surface area contributed by atoms with Gasteiger partial charge >= 0.3 is 0 Å². The molecule has 0 fully saturated rings. The Bertz CT molecular complexity index is 920. The normalized spacial score (nSPS) is 12.8. The van der Waals surface area contributed by atoms with E-state index in [1.165, 1.54) is 6.07 Å². The number of halogens is 1. The summed E-state index contributed by atoms with van der Waals surface area (Å²) in [6.45, 7) is 0. The maximum absolute atomic E-state index is 12.6. The number of carbonyl (C=O) groups excluding carboxylic acids is 2. The Balaban J connectivity index is 0.00000132. The van der Waals surface area contributed by atoms with Crippen LogP contribution in [0.4, 0.5) is 5.69 Å². The van der Waals surface area contributed by atoms with Gasteiger partial charge in [-0.1, -0.05) is 24.3 Å². The van der Waals surface area contributed by atoms with Gasteiger partial charge in [0.25, 0.3) is 0 Å². The van der Waals surface area contributed by atoms with Gasteiger partial charge in [-0.3, -0.25) is 9.59 Å². The Morgan fingerprint density at radius 3 is 2.24 bits per heavy atom. The molecular weight excluding hydrogens is 310 g/mol. The molecule has 4 rings (SSSR count).